The van der Waals surface area contributed by atoms with E-state index in [0.717, 1.165) is 12.3 Å². The van der Waals surface area contributed by atoms with Crippen molar-refractivity contribution in [3.05, 3.63) is 64.7 Å². The number of hydrogen-bond acceptors (Lipinski definition) is 2. The van der Waals surface area contributed by atoms with Crippen LogP contribution in [0.3, 0.4) is 0 Å². The minimum Gasteiger partial charge on any atom is -0.488 e. The van der Waals surface area contributed by atoms with Crippen LogP contribution in [-0.2, 0) is 13.2 Å². The molecule has 1 saturated heterocycles. The summed E-state index contributed by atoms with van der Waals surface area (Å²) in [5.74, 6) is 1.03. The first-order valence-corrected chi connectivity index (χ1v) is 8.22. The normalized spacial score (nSPS) is 15.2. The minimum atomic E-state index is 0.649. The summed E-state index contributed by atoms with van der Waals surface area (Å²) in [6, 6.07) is 15.0. The Morgan fingerprint density at radius 2 is 1.50 bits per heavy atom. The standard InChI is InChI=1S/C20H25NO/c1-16-8-7-9-17(2)20(16)22-15-19-11-4-3-10-18(19)14-21-12-5-6-13-21/h3-4,7-11H,5-6,12-15H2,1-2H3. The van der Waals surface area contributed by atoms with Crippen LogP contribution in [0.4, 0.5) is 0 Å². The molecule has 2 heteroatoms. The van der Waals surface area contributed by atoms with Crippen molar-refractivity contribution in [3.63, 3.8) is 0 Å². The number of nitrogens with zero attached hydrogens (tertiary/aromatic N) is 1. The monoisotopic (exact) mass is 295 g/mol. The SMILES string of the molecule is Cc1cccc(C)c1OCc1ccccc1CN1CCCC1. The Morgan fingerprint density at radius 3 is 2.18 bits per heavy atom. The Balaban J connectivity index is 1.72. The summed E-state index contributed by atoms with van der Waals surface area (Å²) in [5, 5.41) is 0. The maximum absolute atomic E-state index is 6.14. The van der Waals surface area contributed by atoms with Gasteiger partial charge in [0.1, 0.15) is 12.4 Å². The molecule has 0 bridgehead atoms. The summed E-state index contributed by atoms with van der Waals surface area (Å²) in [5.41, 5.74) is 5.11. The van der Waals surface area contributed by atoms with Crippen molar-refractivity contribution in [3.8, 4) is 5.75 Å². The third-order valence-corrected chi connectivity index (χ3v) is 4.49. The predicted molar refractivity (Wildman–Crippen MR) is 91.2 cm³/mol. The number of hydrogen-bond donors (Lipinski definition) is 0. The zero-order chi connectivity index (χ0) is 15.4. The van der Waals surface area contributed by atoms with Gasteiger partial charge in [-0.15, -0.1) is 0 Å². The van der Waals surface area contributed by atoms with Crippen LogP contribution in [0.1, 0.15) is 35.1 Å². The van der Waals surface area contributed by atoms with E-state index in [4.69, 9.17) is 4.74 Å². The average Bonchev–Trinajstić information content (AvgIpc) is 3.01. The van der Waals surface area contributed by atoms with Gasteiger partial charge in [-0.1, -0.05) is 42.5 Å². The number of para-hydroxylation sites is 1. The summed E-state index contributed by atoms with van der Waals surface area (Å²) in [6.07, 6.45) is 2.67. The molecular formula is C20H25NO. The van der Waals surface area contributed by atoms with Crippen LogP contribution in [0.2, 0.25) is 0 Å². The van der Waals surface area contributed by atoms with Crippen molar-refractivity contribution in [2.24, 2.45) is 0 Å². The fourth-order valence-electron chi connectivity index (χ4n) is 3.21. The summed E-state index contributed by atoms with van der Waals surface area (Å²) in [7, 11) is 0. The maximum Gasteiger partial charge on any atom is 0.125 e. The molecule has 0 spiro atoms. The van der Waals surface area contributed by atoms with E-state index in [1.54, 1.807) is 0 Å². The molecule has 1 heterocycles. The molecule has 1 aliphatic heterocycles. The third-order valence-electron chi connectivity index (χ3n) is 4.49. The van der Waals surface area contributed by atoms with Gasteiger partial charge in [-0.3, -0.25) is 4.90 Å². The molecule has 2 aromatic rings. The predicted octanol–water partition coefficient (Wildman–Crippen LogP) is 4.48. The molecule has 3 rings (SSSR count). The van der Waals surface area contributed by atoms with Gasteiger partial charge < -0.3 is 4.74 Å². The molecule has 0 N–H and O–H groups in total. The first-order valence-electron chi connectivity index (χ1n) is 8.22. The van der Waals surface area contributed by atoms with Crippen LogP contribution in [0.25, 0.3) is 0 Å². The molecule has 0 amide bonds. The lowest BCUT2D eigenvalue weighted by atomic mass is 10.1. The first kappa shape index (κ1) is 15.1. The van der Waals surface area contributed by atoms with E-state index >= 15 is 0 Å². The van der Waals surface area contributed by atoms with Crippen molar-refractivity contribution in [2.75, 3.05) is 13.1 Å². The molecule has 116 valence electrons. The molecule has 1 aliphatic rings. The number of likely N-dealkylation sites (tertiary alicyclic amines) is 1. The van der Waals surface area contributed by atoms with Crippen LogP contribution >= 0.6 is 0 Å². The number of aryl methyl sites for hydroxylation is 2. The van der Waals surface area contributed by atoms with Crippen LogP contribution < -0.4 is 4.74 Å². The second-order valence-electron chi connectivity index (χ2n) is 6.26. The molecule has 0 aliphatic carbocycles. The lowest BCUT2D eigenvalue weighted by Crippen LogP contribution is -2.19. The van der Waals surface area contributed by atoms with Crippen molar-refractivity contribution in [2.45, 2.75) is 39.8 Å². The van der Waals surface area contributed by atoms with Crippen LogP contribution in [0.5, 0.6) is 5.75 Å². The Morgan fingerprint density at radius 1 is 0.864 bits per heavy atom. The molecule has 0 aromatic heterocycles. The molecule has 1 fully saturated rings. The zero-order valence-corrected chi connectivity index (χ0v) is 13.6. The lowest BCUT2D eigenvalue weighted by Gasteiger charge is -2.18. The summed E-state index contributed by atoms with van der Waals surface area (Å²) < 4.78 is 6.14. The fourth-order valence-corrected chi connectivity index (χ4v) is 3.21. The molecule has 2 nitrogen and oxygen atoms in total. The van der Waals surface area contributed by atoms with Gasteiger partial charge in [0.2, 0.25) is 0 Å². The largest absolute Gasteiger partial charge is 0.488 e. The van der Waals surface area contributed by atoms with Gasteiger partial charge in [-0.2, -0.15) is 0 Å². The Bertz CT molecular complexity index is 609. The zero-order valence-electron chi connectivity index (χ0n) is 13.6. The van der Waals surface area contributed by atoms with Crippen molar-refractivity contribution < 1.29 is 4.74 Å². The molecule has 22 heavy (non-hydrogen) atoms. The topological polar surface area (TPSA) is 12.5 Å². The Kier molecular flexibility index (Phi) is 4.79. The number of benzene rings is 2. The fraction of sp³-hybridized carbons (Fsp3) is 0.400. The Hall–Kier alpha value is -1.80. The third kappa shape index (κ3) is 3.50. The second-order valence-corrected chi connectivity index (χ2v) is 6.26. The number of ether oxygens (including phenoxy) is 1. The lowest BCUT2D eigenvalue weighted by molar-refractivity contribution is 0.293. The van der Waals surface area contributed by atoms with E-state index in [1.165, 1.54) is 48.2 Å². The van der Waals surface area contributed by atoms with Crippen molar-refractivity contribution in [1.82, 2.24) is 4.90 Å². The van der Waals surface area contributed by atoms with E-state index < -0.39 is 0 Å². The van der Waals surface area contributed by atoms with Crippen molar-refractivity contribution >= 4 is 0 Å². The highest BCUT2D eigenvalue weighted by Crippen LogP contribution is 2.24. The molecule has 0 saturated carbocycles. The minimum absolute atomic E-state index is 0.649. The van der Waals surface area contributed by atoms with E-state index in [2.05, 4.69) is 61.2 Å². The average molecular weight is 295 g/mol. The summed E-state index contributed by atoms with van der Waals surface area (Å²) in [4.78, 5) is 2.54. The molecule has 0 unspecified atom stereocenters. The van der Waals surface area contributed by atoms with E-state index in [9.17, 15) is 0 Å². The molecule has 0 atom stereocenters. The van der Waals surface area contributed by atoms with Crippen molar-refractivity contribution in [1.29, 1.82) is 0 Å². The van der Waals surface area contributed by atoms with Gasteiger partial charge in [-0.25, -0.2) is 0 Å². The molecule has 2 aromatic carbocycles. The highest BCUT2D eigenvalue weighted by molar-refractivity contribution is 5.40. The van der Waals surface area contributed by atoms with Gasteiger partial charge in [0.15, 0.2) is 0 Å². The van der Waals surface area contributed by atoms with E-state index in [1.807, 2.05) is 0 Å². The van der Waals surface area contributed by atoms with Gasteiger partial charge in [-0.05, 0) is 62.0 Å². The number of rotatable bonds is 5. The second kappa shape index (κ2) is 6.97. The highest BCUT2D eigenvalue weighted by atomic mass is 16.5. The quantitative estimate of drug-likeness (QED) is 0.806. The van der Waals surface area contributed by atoms with E-state index in [-0.39, 0.29) is 0 Å². The maximum atomic E-state index is 6.14. The van der Waals surface area contributed by atoms with Gasteiger partial charge in [0.25, 0.3) is 0 Å². The molecule has 0 radical (unpaired) electrons. The van der Waals surface area contributed by atoms with E-state index in [0.29, 0.717) is 6.61 Å². The summed E-state index contributed by atoms with van der Waals surface area (Å²) in [6.45, 7) is 8.37. The van der Waals surface area contributed by atoms with Crippen LogP contribution in [0.15, 0.2) is 42.5 Å². The van der Waals surface area contributed by atoms with Gasteiger partial charge in [0, 0.05) is 6.54 Å². The van der Waals surface area contributed by atoms with Crippen LogP contribution in [0, 0.1) is 13.8 Å². The highest BCUT2D eigenvalue weighted by Gasteiger charge is 2.14. The van der Waals surface area contributed by atoms with Gasteiger partial charge in [0.05, 0.1) is 0 Å². The first-order chi connectivity index (χ1) is 10.7. The van der Waals surface area contributed by atoms with Crippen LogP contribution in [-0.4, -0.2) is 18.0 Å². The molecular weight excluding hydrogens is 270 g/mol. The smallest absolute Gasteiger partial charge is 0.125 e. The summed E-state index contributed by atoms with van der Waals surface area (Å²) >= 11 is 0. The van der Waals surface area contributed by atoms with Gasteiger partial charge >= 0.3 is 0 Å². The Labute approximate surface area is 133 Å².